The van der Waals surface area contributed by atoms with Crippen LogP contribution in [-0.2, 0) is 0 Å². The number of hydrogen-bond donors (Lipinski definition) is 4. The highest BCUT2D eigenvalue weighted by molar-refractivity contribution is 5.50. The van der Waals surface area contributed by atoms with Gasteiger partial charge in [-0.2, -0.15) is 9.97 Å². The largest absolute Gasteiger partial charge is 0.368 e. The number of rotatable bonds is 4. The van der Waals surface area contributed by atoms with Gasteiger partial charge < -0.3 is 16.5 Å². The molecule has 0 bridgehead atoms. The van der Waals surface area contributed by atoms with Crippen LogP contribution >= 0.6 is 0 Å². The minimum atomic E-state index is 0.198. The van der Waals surface area contributed by atoms with Crippen molar-refractivity contribution in [3.05, 3.63) is 6.07 Å². The molecular weight excluding hydrogens is 192 g/mol. The van der Waals surface area contributed by atoms with E-state index < -0.39 is 0 Å². The van der Waals surface area contributed by atoms with Crippen molar-refractivity contribution in [2.24, 2.45) is 11.8 Å². The molecule has 1 heterocycles. The molecule has 0 radical (unpaired) electrons. The van der Waals surface area contributed by atoms with Gasteiger partial charge in [0.15, 0.2) is 0 Å². The van der Waals surface area contributed by atoms with E-state index in [4.69, 9.17) is 11.6 Å². The molecule has 1 aromatic heterocycles. The molecule has 15 heavy (non-hydrogen) atoms. The highest BCUT2D eigenvalue weighted by Gasteiger charge is 2.08. The van der Waals surface area contributed by atoms with E-state index in [1.807, 2.05) is 0 Å². The van der Waals surface area contributed by atoms with Crippen molar-refractivity contribution in [2.45, 2.75) is 26.8 Å². The van der Waals surface area contributed by atoms with E-state index in [2.05, 4.69) is 41.5 Å². The molecule has 1 atom stereocenters. The van der Waals surface area contributed by atoms with Gasteiger partial charge in [0.2, 0.25) is 5.95 Å². The van der Waals surface area contributed by atoms with E-state index in [0.717, 1.165) is 0 Å². The second kappa shape index (κ2) is 4.79. The Morgan fingerprint density at radius 2 is 1.80 bits per heavy atom. The van der Waals surface area contributed by atoms with Gasteiger partial charge in [0.05, 0.1) is 0 Å². The summed E-state index contributed by atoms with van der Waals surface area (Å²) in [4.78, 5) is 7.96. The lowest BCUT2D eigenvalue weighted by Gasteiger charge is -2.18. The molecule has 0 aliphatic carbocycles. The third-order valence-corrected chi connectivity index (χ3v) is 2.27. The smallest absolute Gasteiger partial charge is 0.223 e. The average Bonchev–Trinajstić information content (AvgIpc) is 2.16. The number of nitrogens with zero attached hydrogens (tertiary/aromatic N) is 2. The van der Waals surface area contributed by atoms with E-state index >= 15 is 0 Å². The minimum absolute atomic E-state index is 0.198. The highest BCUT2D eigenvalue weighted by atomic mass is 15.3. The normalized spacial score (nSPS) is 12.6. The van der Waals surface area contributed by atoms with E-state index in [1.54, 1.807) is 6.07 Å². The number of nitrogens with two attached hydrogens (primary N) is 2. The molecule has 6 nitrogen and oxygen atoms in total. The Bertz CT molecular complexity index is 324. The Kier molecular flexibility index (Phi) is 3.68. The van der Waals surface area contributed by atoms with E-state index in [-0.39, 0.29) is 5.95 Å². The molecule has 0 saturated heterocycles. The number of hydrazine groups is 1. The Balaban J connectivity index is 2.80. The number of hydrogen-bond acceptors (Lipinski definition) is 6. The van der Waals surface area contributed by atoms with Crippen LogP contribution in [0.3, 0.4) is 0 Å². The topological polar surface area (TPSA) is 102 Å². The second-order valence-electron chi connectivity index (χ2n) is 3.82. The van der Waals surface area contributed by atoms with Gasteiger partial charge in [0.25, 0.3) is 0 Å². The summed E-state index contributed by atoms with van der Waals surface area (Å²) in [5, 5.41) is 3.23. The summed E-state index contributed by atoms with van der Waals surface area (Å²) in [6.45, 7) is 6.34. The van der Waals surface area contributed by atoms with Gasteiger partial charge in [0.1, 0.15) is 11.6 Å². The summed E-state index contributed by atoms with van der Waals surface area (Å²) in [5.41, 5.74) is 7.97. The lowest BCUT2D eigenvalue weighted by molar-refractivity contribution is 0.558. The number of nitrogens with one attached hydrogen (secondary N) is 2. The average molecular weight is 210 g/mol. The molecule has 0 fully saturated rings. The molecule has 0 spiro atoms. The Morgan fingerprint density at radius 1 is 1.20 bits per heavy atom. The number of nitrogen functional groups attached to an aromatic ring is 2. The van der Waals surface area contributed by atoms with Crippen LogP contribution in [-0.4, -0.2) is 16.0 Å². The molecule has 0 saturated carbocycles. The van der Waals surface area contributed by atoms with Gasteiger partial charge in [-0.15, -0.1) is 0 Å². The summed E-state index contributed by atoms with van der Waals surface area (Å²) < 4.78 is 0. The summed E-state index contributed by atoms with van der Waals surface area (Å²) in [5.74, 6) is 7.14. The fourth-order valence-electron chi connectivity index (χ4n) is 1.01. The molecule has 1 unspecified atom stereocenters. The maximum absolute atomic E-state index is 5.53. The van der Waals surface area contributed by atoms with Crippen molar-refractivity contribution in [2.75, 3.05) is 16.5 Å². The molecule has 1 aromatic rings. The van der Waals surface area contributed by atoms with Crippen molar-refractivity contribution in [1.29, 1.82) is 0 Å². The first-order chi connectivity index (χ1) is 7.02. The third kappa shape index (κ3) is 3.25. The molecular formula is C9H18N6. The van der Waals surface area contributed by atoms with Gasteiger partial charge in [-0.1, -0.05) is 13.8 Å². The van der Waals surface area contributed by atoms with Gasteiger partial charge in [0, 0.05) is 12.1 Å². The first-order valence-electron chi connectivity index (χ1n) is 4.90. The predicted octanol–water partition coefficient (Wildman–Crippen LogP) is 0.801. The molecule has 0 aliphatic heterocycles. The van der Waals surface area contributed by atoms with Crippen molar-refractivity contribution in [3.8, 4) is 0 Å². The lowest BCUT2D eigenvalue weighted by atomic mass is 10.1. The van der Waals surface area contributed by atoms with Crippen LogP contribution in [0.15, 0.2) is 6.07 Å². The zero-order valence-electron chi connectivity index (χ0n) is 9.28. The lowest BCUT2D eigenvalue weighted by Crippen LogP contribution is -2.22. The van der Waals surface area contributed by atoms with Crippen molar-refractivity contribution in [1.82, 2.24) is 9.97 Å². The molecule has 84 valence electrons. The summed E-state index contributed by atoms with van der Waals surface area (Å²) in [6, 6.07) is 2.03. The van der Waals surface area contributed by atoms with E-state index in [0.29, 0.717) is 23.6 Å². The maximum Gasteiger partial charge on any atom is 0.223 e. The van der Waals surface area contributed by atoms with Gasteiger partial charge in [-0.25, -0.2) is 5.84 Å². The van der Waals surface area contributed by atoms with Crippen LogP contribution < -0.4 is 22.3 Å². The van der Waals surface area contributed by atoms with E-state index in [1.165, 1.54) is 0 Å². The molecule has 1 rings (SSSR count). The predicted molar refractivity (Wildman–Crippen MR) is 62.2 cm³/mol. The molecule has 0 aliphatic rings. The zero-order chi connectivity index (χ0) is 11.4. The van der Waals surface area contributed by atoms with Crippen molar-refractivity contribution >= 4 is 17.6 Å². The quantitative estimate of drug-likeness (QED) is 0.433. The minimum Gasteiger partial charge on any atom is -0.368 e. The first kappa shape index (κ1) is 11.5. The summed E-state index contributed by atoms with van der Waals surface area (Å²) in [7, 11) is 0. The Morgan fingerprint density at radius 3 is 2.33 bits per heavy atom. The molecule has 6 heteroatoms. The SMILES string of the molecule is CC(C)C(C)Nc1cc(NN)nc(N)n1. The highest BCUT2D eigenvalue weighted by Crippen LogP contribution is 2.14. The summed E-state index contributed by atoms with van der Waals surface area (Å²) >= 11 is 0. The maximum atomic E-state index is 5.53. The fraction of sp³-hybridized carbons (Fsp3) is 0.556. The summed E-state index contributed by atoms with van der Waals surface area (Å²) in [6.07, 6.45) is 0. The zero-order valence-corrected chi connectivity index (χ0v) is 9.28. The van der Waals surface area contributed by atoms with E-state index in [9.17, 15) is 0 Å². The Labute approximate surface area is 89.4 Å². The van der Waals surface area contributed by atoms with Crippen molar-refractivity contribution < 1.29 is 0 Å². The third-order valence-electron chi connectivity index (χ3n) is 2.27. The monoisotopic (exact) mass is 210 g/mol. The van der Waals surface area contributed by atoms with Crippen LogP contribution in [0.25, 0.3) is 0 Å². The standard InChI is InChI=1S/C9H18N6/c1-5(2)6(3)12-7-4-8(15-11)14-9(10)13-7/h4-6H,11H2,1-3H3,(H4,10,12,13,14,15). The number of aromatic nitrogens is 2. The van der Waals surface area contributed by atoms with Crippen LogP contribution in [0.4, 0.5) is 17.6 Å². The van der Waals surface area contributed by atoms with Gasteiger partial charge in [-0.3, -0.25) is 0 Å². The molecule has 0 amide bonds. The molecule has 6 N–H and O–H groups in total. The van der Waals surface area contributed by atoms with Crippen LogP contribution in [0.5, 0.6) is 0 Å². The first-order valence-corrected chi connectivity index (χ1v) is 4.90. The number of anilines is 3. The molecule has 0 aromatic carbocycles. The van der Waals surface area contributed by atoms with Crippen LogP contribution in [0.2, 0.25) is 0 Å². The second-order valence-corrected chi connectivity index (χ2v) is 3.82. The van der Waals surface area contributed by atoms with Gasteiger partial charge in [-0.05, 0) is 12.8 Å². The Hall–Kier alpha value is -1.56. The van der Waals surface area contributed by atoms with Crippen molar-refractivity contribution in [3.63, 3.8) is 0 Å². The van der Waals surface area contributed by atoms with Gasteiger partial charge >= 0.3 is 0 Å². The fourth-order valence-corrected chi connectivity index (χ4v) is 1.01. The van der Waals surface area contributed by atoms with Crippen LogP contribution in [0, 0.1) is 5.92 Å². The van der Waals surface area contributed by atoms with Crippen LogP contribution in [0.1, 0.15) is 20.8 Å².